The molecule has 0 heterocycles. The van der Waals surface area contributed by atoms with E-state index in [-0.39, 0.29) is 11.3 Å². The summed E-state index contributed by atoms with van der Waals surface area (Å²) in [7, 11) is 3.53. The highest BCUT2D eigenvalue weighted by atomic mass is 16.5. The Hall–Kier alpha value is -1.51. The van der Waals surface area contributed by atoms with Crippen molar-refractivity contribution in [1.82, 2.24) is 4.90 Å². The van der Waals surface area contributed by atoms with Crippen LogP contribution in [-0.4, -0.2) is 31.0 Å². The lowest BCUT2D eigenvalue weighted by molar-refractivity contribution is 0.0827. The SMILES string of the molecule is CN(C)C(=O)c1ccc(C(C)(C)C)c(OC2CC2)c1. The van der Waals surface area contributed by atoms with Crippen LogP contribution in [0.25, 0.3) is 0 Å². The first-order valence-corrected chi connectivity index (χ1v) is 6.82. The monoisotopic (exact) mass is 261 g/mol. The van der Waals surface area contributed by atoms with Gasteiger partial charge in [-0.25, -0.2) is 0 Å². The van der Waals surface area contributed by atoms with Crippen LogP contribution in [0.15, 0.2) is 18.2 Å². The quantitative estimate of drug-likeness (QED) is 0.836. The van der Waals surface area contributed by atoms with Crippen LogP contribution < -0.4 is 4.74 Å². The Morgan fingerprint density at radius 1 is 1.26 bits per heavy atom. The van der Waals surface area contributed by atoms with Crippen molar-refractivity contribution in [3.8, 4) is 5.75 Å². The van der Waals surface area contributed by atoms with Gasteiger partial charge in [-0.15, -0.1) is 0 Å². The molecule has 0 atom stereocenters. The minimum absolute atomic E-state index is 0.0149. The van der Waals surface area contributed by atoms with E-state index in [1.54, 1.807) is 19.0 Å². The van der Waals surface area contributed by atoms with Crippen LogP contribution in [0.4, 0.5) is 0 Å². The maximum absolute atomic E-state index is 12.0. The van der Waals surface area contributed by atoms with Gasteiger partial charge >= 0.3 is 0 Å². The lowest BCUT2D eigenvalue weighted by Crippen LogP contribution is -2.22. The number of ether oxygens (including phenoxy) is 1. The largest absolute Gasteiger partial charge is 0.490 e. The van der Waals surface area contributed by atoms with Gasteiger partial charge in [0.2, 0.25) is 0 Å². The Morgan fingerprint density at radius 2 is 1.89 bits per heavy atom. The fraction of sp³-hybridized carbons (Fsp3) is 0.562. The molecule has 0 aromatic heterocycles. The van der Waals surface area contributed by atoms with Gasteiger partial charge in [-0.3, -0.25) is 4.79 Å². The zero-order chi connectivity index (χ0) is 14.2. The van der Waals surface area contributed by atoms with Gasteiger partial charge < -0.3 is 9.64 Å². The first-order valence-electron chi connectivity index (χ1n) is 6.82. The second kappa shape index (κ2) is 4.87. The molecule has 0 radical (unpaired) electrons. The van der Waals surface area contributed by atoms with Gasteiger partial charge in [0.15, 0.2) is 0 Å². The summed E-state index contributed by atoms with van der Waals surface area (Å²) in [6.45, 7) is 6.49. The van der Waals surface area contributed by atoms with Crippen LogP contribution in [-0.2, 0) is 5.41 Å². The molecule has 0 N–H and O–H groups in total. The van der Waals surface area contributed by atoms with Crippen molar-refractivity contribution in [3.05, 3.63) is 29.3 Å². The van der Waals surface area contributed by atoms with Gasteiger partial charge in [-0.05, 0) is 36.0 Å². The highest BCUT2D eigenvalue weighted by Crippen LogP contribution is 2.36. The summed E-state index contributed by atoms with van der Waals surface area (Å²) in [5.41, 5.74) is 1.87. The van der Waals surface area contributed by atoms with Gasteiger partial charge in [0.1, 0.15) is 5.75 Å². The molecule has 0 saturated heterocycles. The molecule has 0 spiro atoms. The fourth-order valence-electron chi connectivity index (χ4n) is 2.00. The second-order valence-electron chi connectivity index (χ2n) is 6.48. The van der Waals surface area contributed by atoms with Crippen molar-refractivity contribution >= 4 is 5.91 Å². The molecule has 0 aliphatic heterocycles. The molecule has 2 rings (SSSR count). The van der Waals surface area contributed by atoms with E-state index in [1.807, 2.05) is 18.2 Å². The molecular weight excluding hydrogens is 238 g/mol. The summed E-state index contributed by atoms with van der Waals surface area (Å²) in [5.74, 6) is 0.879. The van der Waals surface area contributed by atoms with Crippen LogP contribution in [0.1, 0.15) is 49.5 Å². The molecule has 1 aliphatic rings. The standard InChI is InChI=1S/C16H23NO2/c1-16(2,3)13-9-6-11(15(18)17(4)5)10-14(13)19-12-7-8-12/h6,9-10,12H,7-8H2,1-5H3. The third-order valence-electron chi connectivity index (χ3n) is 3.26. The normalized spacial score (nSPS) is 15.2. The Balaban J connectivity index is 2.37. The van der Waals surface area contributed by atoms with Gasteiger partial charge in [-0.2, -0.15) is 0 Å². The average molecular weight is 261 g/mol. The van der Waals surface area contributed by atoms with E-state index in [0.717, 1.165) is 24.2 Å². The van der Waals surface area contributed by atoms with Gasteiger partial charge in [0, 0.05) is 19.7 Å². The van der Waals surface area contributed by atoms with Crippen molar-refractivity contribution < 1.29 is 9.53 Å². The lowest BCUT2D eigenvalue weighted by atomic mass is 9.85. The van der Waals surface area contributed by atoms with Crippen molar-refractivity contribution in [2.75, 3.05) is 14.1 Å². The van der Waals surface area contributed by atoms with Crippen LogP contribution in [0.2, 0.25) is 0 Å². The van der Waals surface area contributed by atoms with E-state index in [1.165, 1.54) is 0 Å². The smallest absolute Gasteiger partial charge is 0.253 e. The predicted octanol–water partition coefficient (Wildman–Crippen LogP) is 3.23. The van der Waals surface area contributed by atoms with Crippen LogP contribution in [0.3, 0.4) is 0 Å². The molecule has 19 heavy (non-hydrogen) atoms. The molecule has 1 amide bonds. The Bertz CT molecular complexity index is 482. The molecule has 1 aromatic rings. The Morgan fingerprint density at radius 3 is 2.37 bits per heavy atom. The van der Waals surface area contributed by atoms with Crippen molar-refractivity contribution in [3.63, 3.8) is 0 Å². The minimum atomic E-state index is 0.0149. The van der Waals surface area contributed by atoms with Gasteiger partial charge in [0.25, 0.3) is 5.91 Å². The molecule has 1 aromatic carbocycles. The third-order valence-corrected chi connectivity index (χ3v) is 3.26. The number of amides is 1. The molecule has 0 unspecified atom stereocenters. The summed E-state index contributed by atoms with van der Waals surface area (Å²) in [4.78, 5) is 13.6. The molecule has 0 bridgehead atoms. The van der Waals surface area contributed by atoms with Crippen molar-refractivity contribution in [2.24, 2.45) is 0 Å². The van der Waals surface area contributed by atoms with Gasteiger partial charge in [0.05, 0.1) is 6.10 Å². The zero-order valence-electron chi connectivity index (χ0n) is 12.5. The van der Waals surface area contributed by atoms with Crippen LogP contribution >= 0.6 is 0 Å². The highest BCUT2D eigenvalue weighted by Gasteiger charge is 2.28. The number of carbonyl (C=O) groups excluding carboxylic acids is 1. The number of nitrogens with zero attached hydrogens (tertiary/aromatic N) is 1. The summed E-state index contributed by atoms with van der Waals surface area (Å²) < 4.78 is 5.98. The Kier molecular flexibility index (Phi) is 3.57. The lowest BCUT2D eigenvalue weighted by Gasteiger charge is -2.23. The van der Waals surface area contributed by atoms with Crippen LogP contribution in [0, 0.1) is 0 Å². The maximum Gasteiger partial charge on any atom is 0.253 e. The van der Waals surface area contributed by atoms with E-state index in [2.05, 4.69) is 20.8 Å². The average Bonchev–Trinajstić information content (AvgIpc) is 3.10. The van der Waals surface area contributed by atoms with Gasteiger partial charge in [-0.1, -0.05) is 26.8 Å². The summed E-state index contributed by atoms with van der Waals surface area (Å²) >= 11 is 0. The molecule has 1 saturated carbocycles. The molecule has 3 nitrogen and oxygen atoms in total. The highest BCUT2D eigenvalue weighted by molar-refractivity contribution is 5.94. The first-order chi connectivity index (χ1) is 8.79. The molecule has 3 heteroatoms. The molecule has 1 aliphatic carbocycles. The van der Waals surface area contributed by atoms with Crippen molar-refractivity contribution in [1.29, 1.82) is 0 Å². The fourth-order valence-corrected chi connectivity index (χ4v) is 2.00. The number of carbonyl (C=O) groups is 1. The Labute approximate surface area is 115 Å². The third kappa shape index (κ3) is 3.28. The number of rotatable bonds is 3. The molecule has 1 fully saturated rings. The topological polar surface area (TPSA) is 29.5 Å². The minimum Gasteiger partial charge on any atom is -0.490 e. The number of benzene rings is 1. The summed E-state index contributed by atoms with van der Waals surface area (Å²) in [6.07, 6.45) is 2.58. The van der Waals surface area contributed by atoms with E-state index < -0.39 is 0 Å². The summed E-state index contributed by atoms with van der Waals surface area (Å²) in [5, 5.41) is 0. The van der Waals surface area contributed by atoms with E-state index >= 15 is 0 Å². The van der Waals surface area contributed by atoms with E-state index in [4.69, 9.17) is 4.74 Å². The van der Waals surface area contributed by atoms with E-state index in [9.17, 15) is 4.79 Å². The predicted molar refractivity (Wildman–Crippen MR) is 76.8 cm³/mol. The number of hydrogen-bond donors (Lipinski definition) is 0. The zero-order valence-corrected chi connectivity index (χ0v) is 12.5. The van der Waals surface area contributed by atoms with Crippen LogP contribution in [0.5, 0.6) is 5.75 Å². The second-order valence-corrected chi connectivity index (χ2v) is 6.48. The van der Waals surface area contributed by atoms with Crippen molar-refractivity contribution in [2.45, 2.75) is 45.1 Å². The summed E-state index contributed by atoms with van der Waals surface area (Å²) in [6, 6.07) is 5.80. The van der Waals surface area contributed by atoms with E-state index in [0.29, 0.717) is 11.7 Å². The number of hydrogen-bond acceptors (Lipinski definition) is 2. The molecule has 104 valence electrons. The maximum atomic E-state index is 12.0. The first kappa shape index (κ1) is 13.9. The molecular formula is C16H23NO2.